The molecule has 2 rings (SSSR count). The summed E-state index contributed by atoms with van der Waals surface area (Å²) in [6, 6.07) is 7.94. The number of nitrogens with zero attached hydrogens (tertiary/aromatic N) is 2. The van der Waals surface area contributed by atoms with Crippen LogP contribution in [-0.2, 0) is 0 Å². The molecule has 23 heavy (non-hydrogen) atoms. The number of ether oxygens (including phenoxy) is 1. The van der Waals surface area contributed by atoms with Crippen LogP contribution in [0.2, 0.25) is 0 Å². The van der Waals surface area contributed by atoms with Crippen molar-refractivity contribution in [1.82, 2.24) is 4.57 Å². The fraction of sp³-hybridized carbons (Fsp3) is 0.353. The number of carbonyl (C=O) groups is 1. The molecule has 1 aromatic carbocycles. The molecule has 0 saturated heterocycles. The fourth-order valence-electron chi connectivity index (χ4n) is 2.77. The van der Waals surface area contributed by atoms with E-state index in [4.69, 9.17) is 4.74 Å². The monoisotopic (exact) mass is 316 g/mol. The summed E-state index contributed by atoms with van der Waals surface area (Å²) in [5.41, 5.74) is 2.50. The Labute approximate surface area is 134 Å². The molecule has 1 heterocycles. The normalized spacial score (nSPS) is 10.8. The van der Waals surface area contributed by atoms with Gasteiger partial charge in [0.1, 0.15) is 5.75 Å². The third-order valence-corrected chi connectivity index (χ3v) is 3.70. The van der Waals surface area contributed by atoms with Crippen LogP contribution in [0.25, 0.3) is 0 Å². The van der Waals surface area contributed by atoms with E-state index >= 15 is 0 Å². The number of hydrogen-bond acceptors (Lipinski definition) is 4. The lowest BCUT2D eigenvalue weighted by molar-refractivity contribution is -0.384. The number of rotatable bonds is 6. The Morgan fingerprint density at radius 1 is 1.30 bits per heavy atom. The van der Waals surface area contributed by atoms with Crippen LogP contribution in [0.1, 0.15) is 41.6 Å². The fourth-order valence-corrected chi connectivity index (χ4v) is 2.77. The molecule has 0 aliphatic carbocycles. The Bertz CT molecular complexity index is 747. The zero-order chi connectivity index (χ0) is 17.1. The van der Waals surface area contributed by atoms with E-state index in [1.807, 2.05) is 19.9 Å². The maximum atomic E-state index is 12.4. The summed E-state index contributed by atoms with van der Waals surface area (Å²) < 4.78 is 7.51. The number of nitro benzene ring substituents is 1. The lowest BCUT2D eigenvalue weighted by Gasteiger charge is -2.13. The first-order chi connectivity index (χ1) is 10.8. The maximum Gasteiger partial charge on any atom is 0.273 e. The standard InChI is InChI=1S/C17H20N2O4/c1-11(2)18-12(3)8-16(13(18)4)17(20)10-23-15-7-5-6-14(9-15)19(21)22/h5-9,11H,10H2,1-4H3. The molecule has 1 aromatic heterocycles. The Kier molecular flexibility index (Phi) is 4.83. The topological polar surface area (TPSA) is 74.4 Å². The molecule has 0 unspecified atom stereocenters. The molecule has 0 fully saturated rings. The smallest absolute Gasteiger partial charge is 0.273 e. The van der Waals surface area contributed by atoms with Crippen LogP contribution in [-0.4, -0.2) is 21.9 Å². The van der Waals surface area contributed by atoms with Crippen LogP contribution < -0.4 is 4.74 Å². The Morgan fingerprint density at radius 3 is 2.57 bits per heavy atom. The SMILES string of the molecule is Cc1cc(C(=O)COc2cccc([N+](=O)[O-])c2)c(C)n1C(C)C. The highest BCUT2D eigenvalue weighted by Crippen LogP contribution is 2.22. The highest BCUT2D eigenvalue weighted by atomic mass is 16.6. The third-order valence-electron chi connectivity index (χ3n) is 3.70. The van der Waals surface area contributed by atoms with Crippen LogP contribution in [0.5, 0.6) is 5.75 Å². The number of Topliss-reactive ketones (excluding diaryl/α,β-unsaturated/α-hetero) is 1. The third kappa shape index (κ3) is 3.59. The predicted octanol–water partition coefficient (Wildman–Crippen LogP) is 3.86. The number of aryl methyl sites for hydroxylation is 1. The molecule has 6 nitrogen and oxygen atoms in total. The zero-order valence-corrected chi connectivity index (χ0v) is 13.7. The van der Waals surface area contributed by atoms with Gasteiger partial charge in [0.2, 0.25) is 5.78 Å². The Hall–Kier alpha value is -2.63. The van der Waals surface area contributed by atoms with E-state index in [-0.39, 0.29) is 24.1 Å². The van der Waals surface area contributed by atoms with Crippen molar-refractivity contribution in [3.05, 3.63) is 57.4 Å². The average molecular weight is 316 g/mol. The van der Waals surface area contributed by atoms with E-state index in [9.17, 15) is 14.9 Å². The van der Waals surface area contributed by atoms with E-state index in [1.54, 1.807) is 6.07 Å². The summed E-state index contributed by atoms with van der Waals surface area (Å²) >= 11 is 0. The van der Waals surface area contributed by atoms with Gasteiger partial charge in [-0.05, 0) is 39.8 Å². The second-order valence-electron chi connectivity index (χ2n) is 5.71. The van der Waals surface area contributed by atoms with Crippen molar-refractivity contribution in [3.8, 4) is 5.75 Å². The zero-order valence-electron chi connectivity index (χ0n) is 13.7. The number of ketones is 1. The van der Waals surface area contributed by atoms with Gasteiger partial charge in [-0.3, -0.25) is 14.9 Å². The lowest BCUT2D eigenvalue weighted by atomic mass is 10.1. The van der Waals surface area contributed by atoms with Gasteiger partial charge < -0.3 is 9.30 Å². The lowest BCUT2D eigenvalue weighted by Crippen LogP contribution is -2.13. The minimum atomic E-state index is -0.495. The first-order valence-corrected chi connectivity index (χ1v) is 7.40. The summed E-state index contributed by atoms with van der Waals surface area (Å²) in [4.78, 5) is 22.6. The maximum absolute atomic E-state index is 12.4. The van der Waals surface area contributed by atoms with Gasteiger partial charge in [0.05, 0.1) is 11.0 Å². The van der Waals surface area contributed by atoms with Crippen molar-refractivity contribution in [2.75, 3.05) is 6.61 Å². The molecule has 0 radical (unpaired) electrons. The molecule has 0 atom stereocenters. The molecule has 0 aliphatic heterocycles. The average Bonchev–Trinajstić information content (AvgIpc) is 2.80. The van der Waals surface area contributed by atoms with Gasteiger partial charge in [-0.15, -0.1) is 0 Å². The molecule has 122 valence electrons. The summed E-state index contributed by atoms with van der Waals surface area (Å²) in [6.07, 6.45) is 0. The van der Waals surface area contributed by atoms with Crippen LogP contribution >= 0.6 is 0 Å². The first-order valence-electron chi connectivity index (χ1n) is 7.40. The van der Waals surface area contributed by atoms with Gasteiger partial charge in [0.15, 0.2) is 6.61 Å². The number of benzene rings is 1. The van der Waals surface area contributed by atoms with Crippen molar-refractivity contribution in [3.63, 3.8) is 0 Å². The summed E-state index contributed by atoms with van der Waals surface area (Å²) in [5, 5.41) is 10.7. The molecule has 0 N–H and O–H groups in total. The second-order valence-corrected chi connectivity index (χ2v) is 5.71. The Morgan fingerprint density at radius 2 is 2.00 bits per heavy atom. The van der Waals surface area contributed by atoms with Gasteiger partial charge in [0, 0.05) is 29.1 Å². The van der Waals surface area contributed by atoms with Crippen molar-refractivity contribution >= 4 is 11.5 Å². The van der Waals surface area contributed by atoms with E-state index in [2.05, 4.69) is 18.4 Å². The van der Waals surface area contributed by atoms with Crippen LogP contribution in [0.3, 0.4) is 0 Å². The molecule has 0 bridgehead atoms. The molecule has 6 heteroatoms. The van der Waals surface area contributed by atoms with E-state index < -0.39 is 4.92 Å². The molecule has 2 aromatic rings. The number of aromatic nitrogens is 1. The molecular formula is C17H20N2O4. The van der Waals surface area contributed by atoms with Gasteiger partial charge in [-0.1, -0.05) is 6.07 Å². The first kappa shape index (κ1) is 16.7. The minimum Gasteiger partial charge on any atom is -0.485 e. The quantitative estimate of drug-likeness (QED) is 0.461. The van der Waals surface area contributed by atoms with E-state index in [1.165, 1.54) is 18.2 Å². The van der Waals surface area contributed by atoms with Crippen molar-refractivity contribution < 1.29 is 14.5 Å². The number of non-ortho nitro benzene ring substituents is 1. The van der Waals surface area contributed by atoms with Gasteiger partial charge in [-0.2, -0.15) is 0 Å². The van der Waals surface area contributed by atoms with Crippen LogP contribution in [0, 0.1) is 24.0 Å². The van der Waals surface area contributed by atoms with E-state index in [0.717, 1.165) is 11.4 Å². The van der Waals surface area contributed by atoms with Gasteiger partial charge >= 0.3 is 0 Å². The molecule has 0 aliphatic rings. The molecule has 0 amide bonds. The highest BCUT2D eigenvalue weighted by molar-refractivity contribution is 5.98. The summed E-state index contributed by atoms with van der Waals surface area (Å²) in [6.45, 7) is 7.85. The second kappa shape index (κ2) is 6.64. The summed E-state index contributed by atoms with van der Waals surface area (Å²) in [7, 11) is 0. The van der Waals surface area contributed by atoms with E-state index in [0.29, 0.717) is 11.3 Å². The van der Waals surface area contributed by atoms with Crippen molar-refractivity contribution in [1.29, 1.82) is 0 Å². The Balaban J connectivity index is 2.13. The van der Waals surface area contributed by atoms with Crippen LogP contribution in [0.4, 0.5) is 5.69 Å². The summed E-state index contributed by atoms with van der Waals surface area (Å²) in [5.74, 6) is 0.168. The molecular weight excluding hydrogens is 296 g/mol. The highest BCUT2D eigenvalue weighted by Gasteiger charge is 2.18. The van der Waals surface area contributed by atoms with Crippen LogP contribution in [0.15, 0.2) is 30.3 Å². The number of hydrogen-bond donors (Lipinski definition) is 0. The minimum absolute atomic E-state index is 0.0621. The van der Waals surface area contributed by atoms with Crippen molar-refractivity contribution in [2.24, 2.45) is 0 Å². The van der Waals surface area contributed by atoms with Gasteiger partial charge in [0.25, 0.3) is 5.69 Å². The predicted molar refractivity (Wildman–Crippen MR) is 87.2 cm³/mol. The van der Waals surface area contributed by atoms with Gasteiger partial charge in [-0.25, -0.2) is 0 Å². The van der Waals surface area contributed by atoms with Crippen molar-refractivity contribution in [2.45, 2.75) is 33.7 Å². The number of nitro groups is 1. The molecule has 0 spiro atoms. The molecule has 0 saturated carbocycles. The number of carbonyl (C=O) groups excluding carboxylic acids is 1. The largest absolute Gasteiger partial charge is 0.485 e.